The Morgan fingerprint density at radius 1 is 1.00 bits per heavy atom. The van der Waals surface area contributed by atoms with E-state index in [1.165, 1.54) is 32.7 Å². The van der Waals surface area contributed by atoms with Gasteiger partial charge in [-0.1, -0.05) is 0 Å². The first-order valence-electron chi connectivity index (χ1n) is 6.03. The molecule has 4 nitrogen and oxygen atoms in total. The molecular weight excluding hydrogens is 219 g/mol. The van der Waals surface area contributed by atoms with Gasteiger partial charge < -0.3 is 4.90 Å². The molecule has 0 N–H and O–H groups in total. The van der Waals surface area contributed by atoms with Crippen molar-refractivity contribution in [1.82, 2.24) is 19.1 Å². The van der Waals surface area contributed by atoms with Crippen LogP contribution < -0.4 is 0 Å². The zero-order valence-corrected chi connectivity index (χ0v) is 12.4. The van der Waals surface area contributed by atoms with Gasteiger partial charge in [-0.05, 0) is 34.9 Å². The first-order valence-corrected chi connectivity index (χ1v) is 7.73. The van der Waals surface area contributed by atoms with E-state index in [-0.39, 0.29) is 8.22 Å². The van der Waals surface area contributed by atoms with Gasteiger partial charge in [0.15, 0.2) is 0 Å². The number of likely N-dealkylation sites (N-methyl/N-ethyl adjacent to an activating group) is 3. The molecule has 1 rings (SSSR count). The van der Waals surface area contributed by atoms with E-state index in [9.17, 15) is 0 Å². The monoisotopic (exact) mass is 246 g/mol. The molecule has 0 aromatic carbocycles. The van der Waals surface area contributed by atoms with Crippen molar-refractivity contribution in [3.63, 3.8) is 0 Å². The summed E-state index contributed by atoms with van der Waals surface area (Å²) in [6, 6.07) is 0. The normalized spacial score (nSPS) is 23.6. The molecule has 96 valence electrons. The van der Waals surface area contributed by atoms with E-state index in [0.29, 0.717) is 0 Å². The number of rotatable bonds is 3. The molecule has 0 aromatic rings. The van der Waals surface area contributed by atoms with Crippen LogP contribution in [0.2, 0.25) is 0 Å². The summed E-state index contributed by atoms with van der Waals surface area (Å²) < 4.78 is 4.99. The van der Waals surface area contributed by atoms with Gasteiger partial charge in [0.1, 0.15) is 0 Å². The van der Waals surface area contributed by atoms with E-state index >= 15 is 0 Å². The Morgan fingerprint density at radius 3 is 1.94 bits per heavy atom. The van der Waals surface area contributed by atoms with Crippen molar-refractivity contribution in [3.8, 4) is 0 Å². The third-order valence-corrected chi connectivity index (χ3v) is 5.71. The second-order valence-electron chi connectivity index (χ2n) is 4.90. The number of hydrogen-bond acceptors (Lipinski definition) is 4. The fraction of sp³-hybridized carbons (Fsp3) is 1.00. The predicted octanol–water partition coefficient (Wildman–Crippen LogP) is 0.669. The van der Waals surface area contributed by atoms with Crippen molar-refractivity contribution in [3.05, 3.63) is 0 Å². The Hall–Kier alpha value is 0.270. The molecule has 0 radical (unpaired) electrons. The van der Waals surface area contributed by atoms with Gasteiger partial charge in [0.2, 0.25) is 0 Å². The van der Waals surface area contributed by atoms with Gasteiger partial charge in [-0.2, -0.15) is 0 Å². The summed E-state index contributed by atoms with van der Waals surface area (Å²) in [7, 11) is 8.72. The molecule has 1 aliphatic heterocycles. The Balaban J connectivity index is 2.39. The van der Waals surface area contributed by atoms with E-state index in [1.807, 2.05) is 0 Å². The maximum Gasteiger partial charge on any atom is 0.0357 e. The van der Waals surface area contributed by atoms with Crippen LogP contribution in [0.3, 0.4) is 0 Å². The van der Waals surface area contributed by atoms with Crippen LogP contribution in [-0.4, -0.2) is 93.3 Å². The molecule has 0 amide bonds. The van der Waals surface area contributed by atoms with Crippen LogP contribution in [0.1, 0.15) is 0 Å². The molecule has 5 heteroatoms. The van der Waals surface area contributed by atoms with E-state index in [1.54, 1.807) is 0 Å². The highest BCUT2D eigenvalue weighted by molar-refractivity contribution is 7.51. The quantitative estimate of drug-likeness (QED) is 0.679. The van der Waals surface area contributed by atoms with Crippen LogP contribution in [0.4, 0.5) is 0 Å². The van der Waals surface area contributed by atoms with Crippen LogP contribution in [0.15, 0.2) is 0 Å². The third kappa shape index (κ3) is 4.64. The Kier molecular flexibility index (Phi) is 6.16. The summed E-state index contributed by atoms with van der Waals surface area (Å²) in [5.74, 6) is 0. The average molecular weight is 246 g/mol. The zero-order valence-electron chi connectivity index (χ0n) is 11.5. The van der Waals surface area contributed by atoms with Gasteiger partial charge in [0.05, 0.1) is 0 Å². The summed E-state index contributed by atoms with van der Waals surface area (Å²) >= 11 is 0. The number of hydrogen-bond donors (Lipinski definition) is 0. The summed E-state index contributed by atoms with van der Waals surface area (Å²) in [6.45, 7) is 9.52. The molecule has 0 saturated carbocycles. The lowest BCUT2D eigenvalue weighted by molar-refractivity contribution is 0.210. The first-order chi connectivity index (χ1) is 7.50. The molecular formula is C11H27N4P. The van der Waals surface area contributed by atoms with E-state index in [4.69, 9.17) is 0 Å². The van der Waals surface area contributed by atoms with Gasteiger partial charge in [0, 0.05) is 47.5 Å². The van der Waals surface area contributed by atoms with Crippen LogP contribution in [0, 0.1) is 0 Å². The minimum atomic E-state index is -0.0689. The van der Waals surface area contributed by atoms with Crippen molar-refractivity contribution in [1.29, 1.82) is 0 Å². The van der Waals surface area contributed by atoms with E-state index < -0.39 is 0 Å². The average Bonchev–Trinajstić information content (AvgIpc) is 2.24. The minimum Gasteiger partial charge on any atom is -0.308 e. The van der Waals surface area contributed by atoms with E-state index in [0.717, 1.165) is 6.54 Å². The first kappa shape index (κ1) is 14.3. The lowest BCUT2D eigenvalue weighted by Gasteiger charge is -2.38. The van der Waals surface area contributed by atoms with Crippen LogP contribution >= 0.6 is 8.22 Å². The molecule has 0 unspecified atom stereocenters. The van der Waals surface area contributed by atoms with Crippen molar-refractivity contribution in [2.24, 2.45) is 0 Å². The Morgan fingerprint density at radius 2 is 1.50 bits per heavy atom. The van der Waals surface area contributed by atoms with Crippen molar-refractivity contribution < 1.29 is 0 Å². The smallest absolute Gasteiger partial charge is 0.0357 e. The molecule has 0 bridgehead atoms. The van der Waals surface area contributed by atoms with Gasteiger partial charge in [-0.15, -0.1) is 0 Å². The highest BCUT2D eigenvalue weighted by Gasteiger charge is 2.19. The fourth-order valence-corrected chi connectivity index (χ4v) is 3.08. The lowest BCUT2D eigenvalue weighted by atomic mass is 10.4. The summed E-state index contributed by atoms with van der Waals surface area (Å²) in [5, 5.41) is 0. The summed E-state index contributed by atoms with van der Waals surface area (Å²) in [4.78, 5) is 4.84. The largest absolute Gasteiger partial charge is 0.308 e. The Labute approximate surface area is 102 Å². The SMILES string of the molecule is CN(C)CCN1CCN(C)P(C)N(C)CC1. The van der Waals surface area contributed by atoms with Crippen molar-refractivity contribution in [2.75, 3.05) is 74.1 Å². The molecule has 1 saturated heterocycles. The van der Waals surface area contributed by atoms with E-state index in [2.05, 4.69) is 54.0 Å². The third-order valence-electron chi connectivity index (χ3n) is 3.33. The molecule has 0 aromatic heterocycles. The molecule has 0 aliphatic carbocycles. The van der Waals surface area contributed by atoms with Crippen molar-refractivity contribution >= 4 is 8.22 Å². The van der Waals surface area contributed by atoms with Gasteiger partial charge >= 0.3 is 0 Å². The maximum atomic E-state index is 2.58. The lowest BCUT2D eigenvalue weighted by Crippen LogP contribution is -2.43. The van der Waals surface area contributed by atoms with Crippen molar-refractivity contribution in [2.45, 2.75) is 0 Å². The topological polar surface area (TPSA) is 13.0 Å². The predicted molar refractivity (Wildman–Crippen MR) is 73.1 cm³/mol. The molecule has 16 heavy (non-hydrogen) atoms. The number of nitrogens with zero attached hydrogens (tertiary/aromatic N) is 4. The van der Waals surface area contributed by atoms with Crippen LogP contribution in [0.5, 0.6) is 0 Å². The molecule has 1 heterocycles. The zero-order chi connectivity index (χ0) is 12.1. The second-order valence-corrected chi connectivity index (χ2v) is 7.24. The standard InChI is InChI=1S/C11H27N4P/c1-12(2)6-9-15-10-7-13(3)16(5)14(4)8-11-15/h6-11H2,1-5H3. The fourth-order valence-electron chi connectivity index (χ4n) is 1.80. The minimum absolute atomic E-state index is 0.0689. The second kappa shape index (κ2) is 6.87. The van der Waals surface area contributed by atoms with Crippen LogP contribution in [0.25, 0.3) is 0 Å². The Bertz CT molecular complexity index is 186. The molecule has 0 spiro atoms. The maximum absolute atomic E-state index is 2.58. The van der Waals surface area contributed by atoms with Gasteiger partial charge in [0.25, 0.3) is 0 Å². The highest BCUT2D eigenvalue weighted by atomic mass is 31.1. The summed E-state index contributed by atoms with van der Waals surface area (Å²) in [6.07, 6.45) is 0. The molecule has 0 atom stereocenters. The van der Waals surface area contributed by atoms with Gasteiger partial charge in [-0.3, -0.25) is 14.2 Å². The highest BCUT2D eigenvalue weighted by Crippen LogP contribution is 2.37. The van der Waals surface area contributed by atoms with Gasteiger partial charge in [-0.25, -0.2) is 0 Å². The summed E-state index contributed by atoms with van der Waals surface area (Å²) in [5.41, 5.74) is 0. The molecule has 1 fully saturated rings. The molecule has 1 aliphatic rings. The van der Waals surface area contributed by atoms with Crippen LogP contribution in [-0.2, 0) is 0 Å².